The van der Waals surface area contributed by atoms with Crippen molar-refractivity contribution in [3.63, 3.8) is 0 Å². The highest BCUT2D eigenvalue weighted by molar-refractivity contribution is 9.10. The maximum atomic E-state index is 5.78. The lowest BCUT2D eigenvalue weighted by molar-refractivity contribution is 0.417. The van der Waals surface area contributed by atoms with Crippen molar-refractivity contribution in [3.8, 4) is 5.75 Å². The summed E-state index contributed by atoms with van der Waals surface area (Å²) >= 11 is 3.45. The van der Waals surface area contributed by atoms with Crippen LogP contribution in [-0.2, 0) is 0 Å². The van der Waals surface area contributed by atoms with Crippen molar-refractivity contribution >= 4 is 33.0 Å². The van der Waals surface area contributed by atoms with E-state index in [1.54, 1.807) is 7.11 Å². The Bertz CT molecular complexity index is 570. The Morgan fingerprint density at radius 1 is 1.17 bits per heavy atom. The van der Waals surface area contributed by atoms with E-state index in [9.17, 15) is 0 Å². The fraction of sp³-hybridized carbons (Fsp3) is 0.143. The van der Waals surface area contributed by atoms with Gasteiger partial charge < -0.3 is 15.8 Å². The number of aryl methyl sites for hydroxylation is 1. The molecule has 3 nitrogen and oxygen atoms in total. The fourth-order valence-corrected chi connectivity index (χ4v) is 2.19. The Kier molecular flexibility index (Phi) is 3.77. The van der Waals surface area contributed by atoms with Crippen molar-refractivity contribution in [1.82, 2.24) is 0 Å². The lowest BCUT2D eigenvalue weighted by Crippen LogP contribution is -1.96. The van der Waals surface area contributed by atoms with Gasteiger partial charge in [0.2, 0.25) is 0 Å². The van der Waals surface area contributed by atoms with E-state index in [1.807, 2.05) is 30.3 Å². The molecule has 0 aliphatic carbocycles. The lowest BCUT2D eigenvalue weighted by Gasteiger charge is -2.12. The maximum absolute atomic E-state index is 5.78. The number of ether oxygens (including phenoxy) is 1. The van der Waals surface area contributed by atoms with Crippen molar-refractivity contribution < 1.29 is 4.74 Å². The van der Waals surface area contributed by atoms with Crippen LogP contribution in [0.3, 0.4) is 0 Å². The number of methoxy groups -OCH3 is 1. The van der Waals surface area contributed by atoms with E-state index < -0.39 is 0 Å². The average molecular weight is 307 g/mol. The van der Waals surface area contributed by atoms with Gasteiger partial charge in [0.05, 0.1) is 12.8 Å². The summed E-state index contributed by atoms with van der Waals surface area (Å²) < 4.78 is 6.27. The minimum absolute atomic E-state index is 0.635. The molecule has 94 valence electrons. The zero-order valence-corrected chi connectivity index (χ0v) is 11.9. The van der Waals surface area contributed by atoms with Crippen LogP contribution in [0.5, 0.6) is 5.75 Å². The summed E-state index contributed by atoms with van der Waals surface area (Å²) in [4.78, 5) is 0. The van der Waals surface area contributed by atoms with Gasteiger partial charge in [-0.25, -0.2) is 0 Å². The summed E-state index contributed by atoms with van der Waals surface area (Å²) in [6, 6.07) is 11.7. The topological polar surface area (TPSA) is 47.3 Å². The van der Waals surface area contributed by atoms with Crippen LogP contribution in [0.1, 0.15) is 5.56 Å². The summed E-state index contributed by atoms with van der Waals surface area (Å²) in [5.41, 5.74) is 9.60. The molecule has 0 unspecified atom stereocenters. The molecule has 4 heteroatoms. The highest BCUT2D eigenvalue weighted by atomic mass is 79.9. The second kappa shape index (κ2) is 5.31. The van der Waals surface area contributed by atoms with Gasteiger partial charge in [0.15, 0.2) is 0 Å². The molecule has 0 heterocycles. The molecule has 0 spiro atoms. The number of nitrogens with two attached hydrogens (primary N) is 1. The standard InChI is InChI=1S/C14H15BrN2O/c1-9-7-10(15)3-6-13(9)17-11-4-5-12(16)14(8-11)18-2/h3-8,17H,16H2,1-2H3. The number of anilines is 3. The smallest absolute Gasteiger partial charge is 0.143 e. The van der Waals surface area contributed by atoms with Crippen LogP contribution < -0.4 is 15.8 Å². The summed E-state index contributed by atoms with van der Waals surface area (Å²) in [6.07, 6.45) is 0. The molecular weight excluding hydrogens is 292 g/mol. The minimum atomic E-state index is 0.635. The predicted molar refractivity (Wildman–Crippen MR) is 79.6 cm³/mol. The lowest BCUT2D eigenvalue weighted by atomic mass is 10.2. The molecule has 2 aromatic carbocycles. The maximum Gasteiger partial charge on any atom is 0.143 e. The number of halogens is 1. The van der Waals surface area contributed by atoms with Crippen LogP contribution >= 0.6 is 15.9 Å². The number of hydrogen-bond donors (Lipinski definition) is 2. The molecule has 0 fully saturated rings. The molecule has 2 aromatic rings. The van der Waals surface area contributed by atoms with Crippen molar-refractivity contribution in [1.29, 1.82) is 0 Å². The zero-order valence-electron chi connectivity index (χ0n) is 10.3. The van der Waals surface area contributed by atoms with Gasteiger partial charge in [-0.3, -0.25) is 0 Å². The van der Waals surface area contributed by atoms with Gasteiger partial charge in [-0.05, 0) is 42.8 Å². The van der Waals surface area contributed by atoms with Crippen LogP contribution in [0.2, 0.25) is 0 Å². The largest absolute Gasteiger partial charge is 0.495 e. The van der Waals surface area contributed by atoms with Crippen molar-refractivity contribution in [2.45, 2.75) is 6.92 Å². The molecule has 0 saturated carbocycles. The van der Waals surface area contributed by atoms with E-state index in [4.69, 9.17) is 10.5 Å². The Morgan fingerprint density at radius 2 is 1.94 bits per heavy atom. The normalized spacial score (nSPS) is 10.2. The first-order chi connectivity index (χ1) is 8.60. The van der Waals surface area contributed by atoms with Gasteiger partial charge in [-0.2, -0.15) is 0 Å². The minimum Gasteiger partial charge on any atom is -0.495 e. The van der Waals surface area contributed by atoms with Gasteiger partial charge in [-0.15, -0.1) is 0 Å². The number of rotatable bonds is 3. The number of benzene rings is 2. The van der Waals surface area contributed by atoms with Gasteiger partial charge in [-0.1, -0.05) is 15.9 Å². The number of nitrogen functional groups attached to an aromatic ring is 1. The van der Waals surface area contributed by atoms with Gasteiger partial charge >= 0.3 is 0 Å². The van der Waals surface area contributed by atoms with Crippen molar-refractivity contribution in [3.05, 3.63) is 46.4 Å². The highest BCUT2D eigenvalue weighted by Crippen LogP contribution is 2.29. The van der Waals surface area contributed by atoms with Crippen LogP contribution in [-0.4, -0.2) is 7.11 Å². The second-order valence-electron chi connectivity index (χ2n) is 4.04. The van der Waals surface area contributed by atoms with Gasteiger partial charge in [0, 0.05) is 21.9 Å². The monoisotopic (exact) mass is 306 g/mol. The predicted octanol–water partition coefficient (Wildman–Crippen LogP) is 4.09. The number of hydrogen-bond acceptors (Lipinski definition) is 3. The first-order valence-corrected chi connectivity index (χ1v) is 6.36. The van der Waals surface area contributed by atoms with Crippen molar-refractivity contribution in [2.75, 3.05) is 18.2 Å². The second-order valence-corrected chi connectivity index (χ2v) is 4.96. The molecule has 3 N–H and O–H groups in total. The van der Waals surface area contributed by atoms with E-state index in [2.05, 4.69) is 34.2 Å². The van der Waals surface area contributed by atoms with Crippen LogP contribution in [0.25, 0.3) is 0 Å². The van der Waals surface area contributed by atoms with Crippen LogP contribution in [0.4, 0.5) is 17.1 Å². The van der Waals surface area contributed by atoms with Gasteiger partial charge in [0.1, 0.15) is 5.75 Å². The number of nitrogens with one attached hydrogen (secondary N) is 1. The summed E-state index contributed by atoms with van der Waals surface area (Å²) in [7, 11) is 1.61. The van der Waals surface area contributed by atoms with Crippen LogP contribution in [0, 0.1) is 6.92 Å². The summed E-state index contributed by atoms with van der Waals surface area (Å²) in [5.74, 6) is 0.676. The van der Waals surface area contributed by atoms with E-state index in [0.717, 1.165) is 15.8 Å². The van der Waals surface area contributed by atoms with Crippen molar-refractivity contribution in [2.24, 2.45) is 0 Å². The molecule has 0 bridgehead atoms. The third-order valence-corrected chi connectivity index (χ3v) is 3.19. The molecule has 0 aromatic heterocycles. The Labute approximate surface area is 115 Å². The summed E-state index contributed by atoms with van der Waals surface area (Å²) in [5, 5.41) is 3.34. The molecule has 0 saturated heterocycles. The first kappa shape index (κ1) is 12.8. The van der Waals surface area contributed by atoms with Crippen LogP contribution in [0.15, 0.2) is 40.9 Å². The molecule has 0 radical (unpaired) electrons. The Hall–Kier alpha value is -1.68. The van der Waals surface area contributed by atoms with E-state index in [-0.39, 0.29) is 0 Å². The van der Waals surface area contributed by atoms with Gasteiger partial charge in [0.25, 0.3) is 0 Å². The molecule has 0 amide bonds. The van der Waals surface area contributed by atoms with E-state index in [1.165, 1.54) is 5.56 Å². The molecule has 0 aliphatic heterocycles. The fourth-order valence-electron chi connectivity index (χ4n) is 1.71. The average Bonchev–Trinajstić information content (AvgIpc) is 2.35. The molecular formula is C14H15BrN2O. The van der Waals surface area contributed by atoms with E-state index >= 15 is 0 Å². The first-order valence-electron chi connectivity index (χ1n) is 5.57. The highest BCUT2D eigenvalue weighted by Gasteiger charge is 2.03. The molecule has 18 heavy (non-hydrogen) atoms. The van der Waals surface area contributed by atoms with E-state index in [0.29, 0.717) is 11.4 Å². The summed E-state index contributed by atoms with van der Waals surface area (Å²) in [6.45, 7) is 2.06. The molecule has 0 aliphatic rings. The quantitative estimate of drug-likeness (QED) is 0.840. The third-order valence-electron chi connectivity index (χ3n) is 2.70. The Morgan fingerprint density at radius 3 is 2.61 bits per heavy atom. The third kappa shape index (κ3) is 2.76. The Balaban J connectivity index is 2.28. The molecule has 0 atom stereocenters. The SMILES string of the molecule is COc1cc(Nc2ccc(Br)cc2C)ccc1N. The molecule has 2 rings (SSSR count). The zero-order chi connectivity index (χ0) is 13.1.